The van der Waals surface area contributed by atoms with Crippen LogP contribution in [-0.2, 0) is 22.5 Å². The molecule has 0 aliphatic carbocycles. The molecule has 3 rings (SSSR count). The first-order valence-corrected chi connectivity index (χ1v) is 7.53. The van der Waals surface area contributed by atoms with Crippen LogP contribution in [0.5, 0.6) is 0 Å². The van der Waals surface area contributed by atoms with E-state index >= 15 is 0 Å². The second-order valence-corrected chi connectivity index (χ2v) is 5.21. The Labute approximate surface area is 137 Å². The fourth-order valence-electron chi connectivity index (χ4n) is 2.43. The van der Waals surface area contributed by atoms with Crippen LogP contribution in [0.1, 0.15) is 18.3 Å². The van der Waals surface area contributed by atoms with Crippen LogP contribution < -0.4 is 11.4 Å². The third kappa shape index (κ3) is 3.12. The molecular weight excluding hydrogens is 310 g/mol. The Kier molecular flexibility index (Phi) is 4.28. The van der Waals surface area contributed by atoms with Gasteiger partial charge in [0.2, 0.25) is 0 Å². The molecule has 0 aliphatic rings. The van der Waals surface area contributed by atoms with E-state index in [0.29, 0.717) is 17.7 Å². The predicted molar refractivity (Wildman–Crippen MR) is 88.4 cm³/mol. The standard InChI is InChI=1S/C16H17N5O3/c1-2-24-12(22)8-11-18-14(17)13-15(19-11)21(16(23)20-13)9-10-6-4-3-5-7-10/h3-7H,2,8-9H2,1H3,(H,20,23)(H2,17,18,19). The molecule has 0 amide bonds. The van der Waals surface area contributed by atoms with E-state index in [4.69, 9.17) is 10.5 Å². The van der Waals surface area contributed by atoms with Gasteiger partial charge in [-0.05, 0) is 12.5 Å². The van der Waals surface area contributed by atoms with E-state index in [1.54, 1.807) is 6.92 Å². The Balaban J connectivity index is 2.03. The highest BCUT2D eigenvalue weighted by molar-refractivity contribution is 5.82. The number of ether oxygens (including phenoxy) is 1. The number of nitrogens with two attached hydrogens (primary N) is 1. The van der Waals surface area contributed by atoms with Crippen LogP contribution in [0.3, 0.4) is 0 Å². The molecule has 0 unspecified atom stereocenters. The molecule has 0 aliphatic heterocycles. The summed E-state index contributed by atoms with van der Waals surface area (Å²) in [5, 5.41) is 0. The van der Waals surface area contributed by atoms with Crippen LogP contribution in [0.2, 0.25) is 0 Å². The lowest BCUT2D eigenvalue weighted by atomic mass is 10.2. The molecule has 0 saturated carbocycles. The number of nitrogens with one attached hydrogen (secondary N) is 1. The quantitative estimate of drug-likeness (QED) is 0.671. The molecule has 1 aromatic carbocycles. The van der Waals surface area contributed by atoms with Crippen LogP contribution in [-0.4, -0.2) is 32.1 Å². The molecule has 2 aromatic heterocycles. The van der Waals surface area contributed by atoms with Crippen LogP contribution in [0.4, 0.5) is 5.82 Å². The van der Waals surface area contributed by atoms with Crippen molar-refractivity contribution in [1.82, 2.24) is 19.5 Å². The largest absolute Gasteiger partial charge is 0.466 e. The molecule has 0 spiro atoms. The number of rotatable bonds is 5. The van der Waals surface area contributed by atoms with Crippen LogP contribution in [0.15, 0.2) is 35.1 Å². The highest BCUT2D eigenvalue weighted by Gasteiger charge is 2.16. The molecule has 2 heterocycles. The summed E-state index contributed by atoms with van der Waals surface area (Å²) in [7, 11) is 0. The van der Waals surface area contributed by atoms with Gasteiger partial charge in [0, 0.05) is 0 Å². The van der Waals surface area contributed by atoms with Crippen molar-refractivity contribution < 1.29 is 9.53 Å². The second-order valence-electron chi connectivity index (χ2n) is 5.21. The molecule has 8 heteroatoms. The number of imidazole rings is 1. The SMILES string of the molecule is CCOC(=O)Cc1nc(N)c2[nH]c(=O)n(Cc3ccccc3)c2n1. The zero-order chi connectivity index (χ0) is 17.1. The minimum absolute atomic E-state index is 0.0985. The van der Waals surface area contributed by atoms with Gasteiger partial charge in [0.05, 0.1) is 13.2 Å². The maximum Gasteiger partial charge on any atom is 0.328 e. The van der Waals surface area contributed by atoms with Crippen LogP contribution in [0.25, 0.3) is 11.2 Å². The maximum absolute atomic E-state index is 12.2. The number of benzene rings is 1. The smallest absolute Gasteiger partial charge is 0.328 e. The van der Waals surface area contributed by atoms with Crippen molar-refractivity contribution in [2.75, 3.05) is 12.3 Å². The molecule has 3 aromatic rings. The number of carbonyl (C=O) groups excluding carboxylic acids is 1. The summed E-state index contributed by atoms with van der Waals surface area (Å²) < 4.78 is 6.36. The van der Waals surface area contributed by atoms with Gasteiger partial charge in [-0.3, -0.25) is 9.36 Å². The van der Waals surface area contributed by atoms with Gasteiger partial charge in [-0.1, -0.05) is 30.3 Å². The van der Waals surface area contributed by atoms with Crippen LogP contribution >= 0.6 is 0 Å². The first-order chi connectivity index (χ1) is 11.6. The summed E-state index contributed by atoms with van der Waals surface area (Å²) in [6, 6.07) is 9.51. The van der Waals surface area contributed by atoms with Gasteiger partial charge in [0.15, 0.2) is 11.5 Å². The lowest BCUT2D eigenvalue weighted by Gasteiger charge is -2.06. The van der Waals surface area contributed by atoms with Gasteiger partial charge in [-0.2, -0.15) is 0 Å². The Bertz CT molecular complexity index is 930. The molecule has 0 bridgehead atoms. The van der Waals surface area contributed by atoms with Crippen molar-refractivity contribution in [2.24, 2.45) is 0 Å². The van der Waals surface area contributed by atoms with Crippen molar-refractivity contribution in [3.05, 3.63) is 52.2 Å². The molecule has 3 N–H and O–H groups in total. The monoisotopic (exact) mass is 327 g/mol. The van der Waals surface area contributed by atoms with Gasteiger partial charge in [0.1, 0.15) is 17.8 Å². The number of esters is 1. The summed E-state index contributed by atoms with van der Waals surface area (Å²) in [5.74, 6) is -0.0915. The van der Waals surface area contributed by atoms with Gasteiger partial charge in [0.25, 0.3) is 0 Å². The number of aromatic amines is 1. The molecule has 8 nitrogen and oxygen atoms in total. The van der Waals surface area contributed by atoms with Crippen molar-refractivity contribution in [3.8, 4) is 0 Å². The number of anilines is 1. The Morgan fingerprint density at radius 3 is 2.75 bits per heavy atom. The second kappa shape index (κ2) is 6.53. The van der Waals surface area contributed by atoms with E-state index < -0.39 is 5.97 Å². The average Bonchev–Trinajstić information content (AvgIpc) is 2.86. The molecule has 24 heavy (non-hydrogen) atoms. The van der Waals surface area contributed by atoms with E-state index in [9.17, 15) is 9.59 Å². The van der Waals surface area contributed by atoms with Crippen LogP contribution in [0, 0.1) is 0 Å². The predicted octanol–water partition coefficient (Wildman–Crippen LogP) is 0.856. The molecule has 124 valence electrons. The average molecular weight is 327 g/mol. The first-order valence-electron chi connectivity index (χ1n) is 7.53. The summed E-state index contributed by atoms with van der Waals surface area (Å²) in [6.07, 6.45) is -0.0985. The highest BCUT2D eigenvalue weighted by atomic mass is 16.5. The van der Waals surface area contributed by atoms with E-state index in [-0.39, 0.29) is 30.4 Å². The zero-order valence-corrected chi connectivity index (χ0v) is 13.2. The van der Waals surface area contributed by atoms with Crippen molar-refractivity contribution in [3.63, 3.8) is 0 Å². The first kappa shape index (κ1) is 15.7. The Morgan fingerprint density at radius 1 is 1.29 bits per heavy atom. The van der Waals surface area contributed by atoms with E-state index in [1.807, 2.05) is 30.3 Å². The number of aromatic nitrogens is 4. The van der Waals surface area contributed by atoms with Gasteiger partial charge >= 0.3 is 11.7 Å². The van der Waals surface area contributed by atoms with E-state index in [0.717, 1.165) is 5.56 Å². The van der Waals surface area contributed by atoms with Crippen molar-refractivity contribution in [1.29, 1.82) is 0 Å². The van der Waals surface area contributed by atoms with Gasteiger partial charge < -0.3 is 15.5 Å². The summed E-state index contributed by atoms with van der Waals surface area (Å²) in [5.41, 5.74) is 7.25. The maximum atomic E-state index is 12.2. The molecule has 0 radical (unpaired) electrons. The molecule has 0 fully saturated rings. The number of H-pyrrole nitrogens is 1. The van der Waals surface area contributed by atoms with Crippen molar-refractivity contribution in [2.45, 2.75) is 19.9 Å². The third-order valence-electron chi connectivity index (χ3n) is 3.49. The number of carbonyl (C=O) groups is 1. The molecular formula is C16H17N5O3. The normalized spacial score (nSPS) is 10.9. The van der Waals surface area contributed by atoms with Gasteiger partial charge in [-0.25, -0.2) is 14.8 Å². The highest BCUT2D eigenvalue weighted by Crippen LogP contribution is 2.15. The number of nitrogens with zero attached hydrogens (tertiary/aromatic N) is 3. The number of hydrogen-bond donors (Lipinski definition) is 2. The number of nitrogen functional groups attached to an aromatic ring is 1. The van der Waals surface area contributed by atoms with Crippen molar-refractivity contribution >= 4 is 23.0 Å². The Morgan fingerprint density at radius 2 is 2.04 bits per heavy atom. The third-order valence-corrected chi connectivity index (χ3v) is 3.49. The topological polar surface area (TPSA) is 116 Å². The molecule has 0 atom stereocenters. The lowest BCUT2D eigenvalue weighted by molar-refractivity contribution is -0.142. The fraction of sp³-hybridized carbons (Fsp3) is 0.250. The zero-order valence-electron chi connectivity index (χ0n) is 13.2. The molecule has 0 saturated heterocycles. The minimum Gasteiger partial charge on any atom is -0.466 e. The number of hydrogen-bond acceptors (Lipinski definition) is 6. The lowest BCUT2D eigenvalue weighted by Crippen LogP contribution is -2.18. The van der Waals surface area contributed by atoms with E-state index in [2.05, 4.69) is 15.0 Å². The fourth-order valence-corrected chi connectivity index (χ4v) is 2.43. The van der Waals surface area contributed by atoms with E-state index in [1.165, 1.54) is 4.57 Å². The summed E-state index contributed by atoms with van der Waals surface area (Å²) >= 11 is 0. The summed E-state index contributed by atoms with van der Waals surface area (Å²) in [4.78, 5) is 34.9. The number of fused-ring (bicyclic) bond motifs is 1. The minimum atomic E-state index is -0.441. The Hall–Kier alpha value is -3.16. The van der Waals surface area contributed by atoms with Gasteiger partial charge in [-0.15, -0.1) is 0 Å². The summed E-state index contributed by atoms with van der Waals surface area (Å²) in [6.45, 7) is 2.34.